The van der Waals surface area contributed by atoms with Crippen molar-refractivity contribution in [3.8, 4) is 5.75 Å². The standard InChI is InChI=1S/C25H44O7Si/c1-18(15-29-16-19-11-13-20(27-7)14-12-19)21(26)25(17-30-24(5,6)32-25)22(28-8)31-33(9,10)23(2,3)4/h11-14,18,21-22,26H,15-17H2,1-10H3/t18-,21+,22?,25-/m1/s1. The van der Waals surface area contributed by atoms with Gasteiger partial charge < -0.3 is 33.2 Å². The van der Waals surface area contributed by atoms with Gasteiger partial charge in [0.1, 0.15) is 5.75 Å². The fraction of sp³-hybridized carbons (Fsp3) is 0.760. The number of rotatable bonds is 11. The smallest absolute Gasteiger partial charge is 0.195 e. The number of ether oxygens (including phenoxy) is 5. The van der Waals surface area contributed by atoms with E-state index in [1.54, 1.807) is 14.2 Å². The van der Waals surface area contributed by atoms with Crippen LogP contribution in [0.4, 0.5) is 0 Å². The fourth-order valence-corrected chi connectivity index (χ4v) is 4.84. The SMILES string of the molecule is COc1ccc(COC[C@@H](C)[C@H](O)[C@@]2(C(OC)O[Si](C)(C)C(C)(C)C)COC(C)(C)O2)cc1. The van der Waals surface area contributed by atoms with Gasteiger partial charge in [0, 0.05) is 13.0 Å². The molecule has 4 atom stereocenters. The molecule has 0 aliphatic carbocycles. The number of methoxy groups -OCH3 is 2. The third-order valence-electron chi connectivity index (χ3n) is 6.75. The van der Waals surface area contributed by atoms with Gasteiger partial charge in [-0.2, -0.15) is 0 Å². The summed E-state index contributed by atoms with van der Waals surface area (Å²) >= 11 is 0. The summed E-state index contributed by atoms with van der Waals surface area (Å²) in [6.07, 6.45) is -1.70. The zero-order valence-electron chi connectivity index (χ0n) is 22.1. The minimum absolute atomic E-state index is 0.0298. The minimum atomic E-state index is -2.22. The molecule has 1 aromatic carbocycles. The zero-order chi connectivity index (χ0) is 25.1. The highest BCUT2D eigenvalue weighted by Gasteiger charge is 2.59. The molecule has 33 heavy (non-hydrogen) atoms. The number of aliphatic hydroxyl groups excluding tert-OH is 1. The summed E-state index contributed by atoms with van der Waals surface area (Å²) in [6, 6.07) is 7.73. The minimum Gasteiger partial charge on any atom is -0.497 e. The van der Waals surface area contributed by atoms with Crippen molar-refractivity contribution in [2.45, 2.75) is 90.1 Å². The van der Waals surface area contributed by atoms with E-state index in [-0.39, 0.29) is 17.6 Å². The summed E-state index contributed by atoms with van der Waals surface area (Å²) in [4.78, 5) is 0. The topological polar surface area (TPSA) is 75.6 Å². The molecular formula is C25H44O7Si. The molecule has 0 radical (unpaired) electrons. The molecule has 7 nitrogen and oxygen atoms in total. The van der Waals surface area contributed by atoms with Crippen LogP contribution < -0.4 is 4.74 Å². The van der Waals surface area contributed by atoms with Gasteiger partial charge in [-0.3, -0.25) is 0 Å². The Balaban J connectivity index is 2.15. The van der Waals surface area contributed by atoms with Crippen molar-refractivity contribution in [1.82, 2.24) is 0 Å². The van der Waals surface area contributed by atoms with Crippen LogP contribution in [-0.4, -0.2) is 64.6 Å². The van der Waals surface area contributed by atoms with Crippen molar-refractivity contribution in [3.05, 3.63) is 29.8 Å². The number of hydrogen-bond acceptors (Lipinski definition) is 7. The van der Waals surface area contributed by atoms with Crippen LogP contribution in [0.2, 0.25) is 18.1 Å². The molecule has 190 valence electrons. The average Bonchev–Trinajstić information content (AvgIpc) is 3.07. The van der Waals surface area contributed by atoms with Crippen molar-refractivity contribution in [2.75, 3.05) is 27.4 Å². The van der Waals surface area contributed by atoms with Crippen molar-refractivity contribution in [3.63, 3.8) is 0 Å². The molecule has 0 spiro atoms. The van der Waals surface area contributed by atoms with E-state index in [2.05, 4.69) is 33.9 Å². The van der Waals surface area contributed by atoms with E-state index in [4.69, 9.17) is 28.1 Å². The number of hydrogen-bond donors (Lipinski definition) is 1. The summed E-state index contributed by atoms with van der Waals surface area (Å²) in [5, 5.41) is 11.5. The van der Waals surface area contributed by atoms with Gasteiger partial charge in [0.25, 0.3) is 0 Å². The maximum atomic E-state index is 11.5. The maximum absolute atomic E-state index is 11.5. The summed E-state index contributed by atoms with van der Waals surface area (Å²) in [6.45, 7) is 17.4. The second-order valence-electron chi connectivity index (χ2n) is 11.0. The van der Waals surface area contributed by atoms with Crippen molar-refractivity contribution in [1.29, 1.82) is 0 Å². The first-order valence-electron chi connectivity index (χ1n) is 11.6. The van der Waals surface area contributed by atoms with Crippen LogP contribution in [-0.2, 0) is 30.0 Å². The molecule has 1 saturated heterocycles. The summed E-state index contributed by atoms with van der Waals surface area (Å²) in [5.41, 5.74) is -0.138. The maximum Gasteiger partial charge on any atom is 0.195 e. The lowest BCUT2D eigenvalue weighted by atomic mass is 9.88. The second kappa shape index (κ2) is 10.7. The third-order valence-corrected chi connectivity index (χ3v) is 11.2. The summed E-state index contributed by atoms with van der Waals surface area (Å²) in [5.74, 6) is -0.308. The van der Waals surface area contributed by atoms with Crippen molar-refractivity contribution in [2.24, 2.45) is 5.92 Å². The molecule has 1 unspecified atom stereocenters. The second-order valence-corrected chi connectivity index (χ2v) is 15.7. The van der Waals surface area contributed by atoms with Crippen LogP contribution in [0, 0.1) is 5.92 Å². The molecule has 1 aliphatic heterocycles. The number of aliphatic hydroxyl groups is 1. The van der Waals surface area contributed by atoms with E-state index in [0.717, 1.165) is 11.3 Å². The lowest BCUT2D eigenvalue weighted by Gasteiger charge is -2.46. The highest BCUT2D eigenvalue weighted by Crippen LogP contribution is 2.44. The van der Waals surface area contributed by atoms with E-state index in [9.17, 15) is 5.11 Å². The molecule has 1 heterocycles. The predicted molar refractivity (Wildman–Crippen MR) is 131 cm³/mol. The van der Waals surface area contributed by atoms with Crippen LogP contribution in [0.1, 0.15) is 47.1 Å². The van der Waals surface area contributed by atoms with Crippen LogP contribution in [0.15, 0.2) is 24.3 Å². The van der Waals surface area contributed by atoms with Gasteiger partial charge in [-0.15, -0.1) is 0 Å². The van der Waals surface area contributed by atoms with E-state index in [0.29, 0.717) is 13.2 Å². The van der Waals surface area contributed by atoms with E-state index in [1.807, 2.05) is 45.0 Å². The highest BCUT2D eigenvalue weighted by atomic mass is 28.4. The molecule has 1 aromatic rings. The molecule has 0 saturated carbocycles. The molecule has 1 aliphatic rings. The first-order valence-corrected chi connectivity index (χ1v) is 14.5. The van der Waals surface area contributed by atoms with Crippen molar-refractivity contribution >= 4 is 8.32 Å². The van der Waals surface area contributed by atoms with Crippen LogP contribution in [0.5, 0.6) is 5.75 Å². The van der Waals surface area contributed by atoms with Crippen LogP contribution >= 0.6 is 0 Å². The van der Waals surface area contributed by atoms with Gasteiger partial charge in [-0.05, 0) is 49.7 Å². The molecule has 1 N–H and O–H groups in total. The van der Waals surface area contributed by atoms with Gasteiger partial charge in [-0.1, -0.05) is 39.8 Å². The molecule has 0 bridgehead atoms. The Labute approximate surface area is 200 Å². The summed E-state index contributed by atoms with van der Waals surface area (Å²) < 4.78 is 35.8. The Bertz CT molecular complexity index is 744. The largest absolute Gasteiger partial charge is 0.497 e. The van der Waals surface area contributed by atoms with E-state index in [1.165, 1.54) is 0 Å². The Morgan fingerprint density at radius 2 is 1.73 bits per heavy atom. The Morgan fingerprint density at radius 3 is 2.18 bits per heavy atom. The number of benzene rings is 1. The van der Waals surface area contributed by atoms with Gasteiger partial charge >= 0.3 is 0 Å². The summed E-state index contributed by atoms with van der Waals surface area (Å²) in [7, 11) is 1.01. The zero-order valence-corrected chi connectivity index (χ0v) is 23.1. The van der Waals surface area contributed by atoms with Crippen LogP contribution in [0.25, 0.3) is 0 Å². The molecule has 0 amide bonds. The Morgan fingerprint density at radius 1 is 1.12 bits per heavy atom. The molecule has 0 aromatic heterocycles. The fourth-order valence-electron chi connectivity index (χ4n) is 3.65. The Hall–Kier alpha value is -1.00. The average molecular weight is 485 g/mol. The van der Waals surface area contributed by atoms with Crippen molar-refractivity contribution < 1.29 is 33.2 Å². The molecule has 1 fully saturated rings. The lowest BCUT2D eigenvalue weighted by Crippen LogP contribution is -2.62. The van der Waals surface area contributed by atoms with Crippen LogP contribution in [0.3, 0.4) is 0 Å². The highest BCUT2D eigenvalue weighted by molar-refractivity contribution is 6.74. The Kier molecular flexibility index (Phi) is 9.18. The molecular weight excluding hydrogens is 440 g/mol. The normalized spacial score (nSPS) is 23.8. The quantitative estimate of drug-likeness (QED) is 0.360. The molecule has 8 heteroatoms. The lowest BCUT2D eigenvalue weighted by molar-refractivity contribution is -0.268. The van der Waals surface area contributed by atoms with Gasteiger partial charge in [0.2, 0.25) is 0 Å². The first-order chi connectivity index (χ1) is 15.2. The van der Waals surface area contributed by atoms with Gasteiger partial charge in [0.15, 0.2) is 26.0 Å². The van der Waals surface area contributed by atoms with E-state index >= 15 is 0 Å². The third kappa shape index (κ3) is 6.78. The first kappa shape index (κ1) is 28.2. The van der Waals surface area contributed by atoms with Gasteiger partial charge in [0.05, 0.1) is 33.0 Å². The van der Waals surface area contributed by atoms with E-state index < -0.39 is 32.1 Å². The predicted octanol–water partition coefficient (Wildman–Crippen LogP) is 4.72. The monoisotopic (exact) mass is 484 g/mol. The molecule has 2 rings (SSSR count). The van der Waals surface area contributed by atoms with Gasteiger partial charge in [-0.25, -0.2) is 0 Å².